The number of hydrogen-bond acceptors (Lipinski definition) is 4. The zero-order valence-corrected chi connectivity index (χ0v) is 10.00. The molecule has 0 aliphatic rings. The van der Waals surface area contributed by atoms with E-state index in [9.17, 15) is 18.0 Å². The Morgan fingerprint density at radius 3 is 2.56 bits per heavy atom. The van der Waals surface area contributed by atoms with E-state index in [2.05, 4.69) is 14.5 Å². The van der Waals surface area contributed by atoms with E-state index in [4.69, 9.17) is 0 Å². The smallest absolute Gasteiger partial charge is 0.478 e. The molecule has 4 nitrogen and oxygen atoms in total. The van der Waals surface area contributed by atoms with Gasteiger partial charge in [-0.2, -0.15) is 0 Å². The van der Waals surface area contributed by atoms with E-state index in [1.54, 1.807) is 22.6 Å². The molecule has 1 aromatic rings. The molecular weight excluding hydrogens is 342 g/mol. The molecule has 0 bridgehead atoms. The zero-order valence-electron chi connectivity index (χ0n) is 7.84. The highest BCUT2D eigenvalue weighted by molar-refractivity contribution is 14.1. The van der Waals surface area contributed by atoms with Gasteiger partial charge in [0.1, 0.15) is 5.69 Å². The maximum atomic E-state index is 12.0. The number of aromatic nitrogens is 1. The summed E-state index contributed by atoms with van der Waals surface area (Å²) < 4.78 is 44.5. The quantitative estimate of drug-likeness (QED) is 0.623. The minimum absolute atomic E-state index is 0.00743. The van der Waals surface area contributed by atoms with Gasteiger partial charge in [-0.1, -0.05) is 0 Å². The second-order valence-electron chi connectivity index (χ2n) is 2.53. The number of carbonyl (C=O) groups excluding carboxylic acids is 1. The van der Waals surface area contributed by atoms with E-state index >= 15 is 0 Å². The van der Waals surface area contributed by atoms with Gasteiger partial charge in [-0.05, 0) is 22.6 Å². The van der Waals surface area contributed by atoms with Crippen molar-refractivity contribution in [2.75, 3.05) is 7.11 Å². The summed E-state index contributed by atoms with van der Waals surface area (Å²) in [5.41, 5.74) is -0.00743. The van der Waals surface area contributed by atoms with Gasteiger partial charge in [0.05, 0.1) is 7.11 Å². The first-order valence-electron chi connectivity index (χ1n) is 3.83. The number of pyridine rings is 1. The third-order valence-corrected chi connectivity index (χ3v) is 2.33. The standard InChI is InChI=1S/C8H5F3INO3/c1-15-7-6(16-8(9,10)11)2-4(12)5(3-14)13-7/h2-3H,1H3. The number of ether oxygens (including phenoxy) is 2. The lowest BCUT2D eigenvalue weighted by Crippen LogP contribution is -2.18. The number of methoxy groups -OCH3 is 1. The van der Waals surface area contributed by atoms with Crippen molar-refractivity contribution in [1.29, 1.82) is 0 Å². The Morgan fingerprint density at radius 2 is 2.12 bits per heavy atom. The molecule has 0 spiro atoms. The van der Waals surface area contributed by atoms with E-state index in [1.807, 2.05) is 0 Å². The number of rotatable bonds is 3. The maximum Gasteiger partial charge on any atom is 0.573 e. The van der Waals surface area contributed by atoms with Crippen molar-refractivity contribution < 1.29 is 27.4 Å². The van der Waals surface area contributed by atoms with Crippen molar-refractivity contribution in [2.45, 2.75) is 6.36 Å². The van der Waals surface area contributed by atoms with Crippen LogP contribution in [0.4, 0.5) is 13.2 Å². The molecule has 1 rings (SSSR count). The monoisotopic (exact) mass is 347 g/mol. The number of alkyl halides is 3. The van der Waals surface area contributed by atoms with E-state index in [0.717, 1.165) is 13.2 Å². The minimum atomic E-state index is -4.83. The van der Waals surface area contributed by atoms with Crippen LogP contribution in [-0.2, 0) is 0 Å². The Morgan fingerprint density at radius 1 is 1.50 bits per heavy atom. The van der Waals surface area contributed by atoms with Crippen LogP contribution in [0.5, 0.6) is 11.6 Å². The number of nitrogens with zero attached hydrogens (tertiary/aromatic N) is 1. The van der Waals surface area contributed by atoms with E-state index in [-0.39, 0.29) is 15.1 Å². The molecule has 0 aliphatic heterocycles. The van der Waals surface area contributed by atoms with Gasteiger partial charge in [-0.15, -0.1) is 13.2 Å². The predicted molar refractivity (Wildman–Crippen MR) is 55.6 cm³/mol. The van der Waals surface area contributed by atoms with Gasteiger partial charge >= 0.3 is 6.36 Å². The normalized spacial score (nSPS) is 11.1. The first kappa shape index (κ1) is 13.0. The van der Waals surface area contributed by atoms with Crippen LogP contribution in [0.15, 0.2) is 6.07 Å². The summed E-state index contributed by atoms with van der Waals surface area (Å²) in [7, 11) is 1.13. The molecule has 0 atom stereocenters. The van der Waals surface area contributed by atoms with Crippen LogP contribution >= 0.6 is 22.6 Å². The fraction of sp³-hybridized carbons (Fsp3) is 0.250. The van der Waals surface area contributed by atoms with Crippen molar-refractivity contribution in [3.8, 4) is 11.6 Å². The molecule has 1 aromatic heterocycles. The van der Waals surface area contributed by atoms with E-state index in [0.29, 0.717) is 6.29 Å². The van der Waals surface area contributed by atoms with Crippen molar-refractivity contribution >= 4 is 28.9 Å². The Balaban J connectivity index is 3.18. The lowest BCUT2D eigenvalue weighted by atomic mass is 10.3. The highest BCUT2D eigenvalue weighted by atomic mass is 127. The lowest BCUT2D eigenvalue weighted by molar-refractivity contribution is -0.275. The average Bonchev–Trinajstić information content (AvgIpc) is 2.16. The highest BCUT2D eigenvalue weighted by Crippen LogP contribution is 2.32. The molecular formula is C8H5F3INO3. The topological polar surface area (TPSA) is 48.4 Å². The van der Waals surface area contributed by atoms with Gasteiger partial charge in [0.15, 0.2) is 12.0 Å². The Bertz CT molecular complexity index is 408. The SMILES string of the molecule is COc1nc(C=O)c(I)cc1OC(F)(F)F. The number of halogens is 4. The molecule has 0 saturated heterocycles. The van der Waals surface area contributed by atoms with E-state index in [1.165, 1.54) is 0 Å². The molecule has 0 aliphatic carbocycles. The summed E-state index contributed by atoms with van der Waals surface area (Å²) >= 11 is 1.67. The maximum absolute atomic E-state index is 12.0. The molecule has 0 fully saturated rings. The largest absolute Gasteiger partial charge is 0.573 e. The van der Waals surface area contributed by atoms with Crippen molar-refractivity contribution in [1.82, 2.24) is 4.98 Å². The molecule has 0 unspecified atom stereocenters. The lowest BCUT2D eigenvalue weighted by Gasteiger charge is -2.12. The Hall–Kier alpha value is -1.06. The summed E-state index contributed by atoms with van der Waals surface area (Å²) in [6.07, 6.45) is -4.41. The Kier molecular flexibility index (Phi) is 3.94. The third-order valence-electron chi connectivity index (χ3n) is 1.47. The molecule has 88 valence electrons. The van der Waals surface area contributed by atoms with Gasteiger partial charge in [-0.25, -0.2) is 4.98 Å². The summed E-state index contributed by atoms with van der Waals surface area (Å²) in [6, 6.07) is 1.03. The highest BCUT2D eigenvalue weighted by Gasteiger charge is 2.33. The molecule has 1 heterocycles. The van der Waals surface area contributed by atoms with Gasteiger partial charge < -0.3 is 9.47 Å². The number of carbonyl (C=O) groups is 1. The Labute approximate surface area is 102 Å². The molecule has 0 amide bonds. The van der Waals surface area contributed by atoms with Crippen LogP contribution in [0.1, 0.15) is 10.5 Å². The van der Waals surface area contributed by atoms with Crippen molar-refractivity contribution in [3.63, 3.8) is 0 Å². The van der Waals surface area contributed by atoms with Crippen LogP contribution < -0.4 is 9.47 Å². The number of hydrogen-bond donors (Lipinski definition) is 0. The van der Waals surface area contributed by atoms with Gasteiger partial charge in [0, 0.05) is 9.64 Å². The van der Waals surface area contributed by atoms with Gasteiger partial charge in [0.2, 0.25) is 0 Å². The first-order chi connectivity index (χ1) is 7.37. The van der Waals surface area contributed by atoms with Gasteiger partial charge in [-0.3, -0.25) is 4.79 Å². The van der Waals surface area contributed by atoms with Crippen LogP contribution in [0.3, 0.4) is 0 Å². The van der Waals surface area contributed by atoms with Crippen LogP contribution in [0.2, 0.25) is 0 Å². The second kappa shape index (κ2) is 4.85. The molecule has 0 aromatic carbocycles. The fourth-order valence-electron chi connectivity index (χ4n) is 0.895. The molecule has 8 heteroatoms. The fourth-order valence-corrected chi connectivity index (χ4v) is 1.43. The zero-order chi connectivity index (χ0) is 12.3. The van der Waals surface area contributed by atoms with E-state index < -0.39 is 12.1 Å². The van der Waals surface area contributed by atoms with Crippen molar-refractivity contribution in [2.24, 2.45) is 0 Å². The summed E-state index contributed by atoms with van der Waals surface area (Å²) in [5.74, 6) is -0.968. The summed E-state index contributed by atoms with van der Waals surface area (Å²) in [4.78, 5) is 14.1. The average molecular weight is 347 g/mol. The summed E-state index contributed by atoms with van der Waals surface area (Å²) in [6.45, 7) is 0. The minimum Gasteiger partial charge on any atom is -0.478 e. The number of aldehydes is 1. The first-order valence-corrected chi connectivity index (χ1v) is 4.90. The molecule has 0 saturated carbocycles. The van der Waals surface area contributed by atoms with Crippen LogP contribution in [-0.4, -0.2) is 24.7 Å². The third kappa shape index (κ3) is 3.22. The molecule has 0 radical (unpaired) electrons. The van der Waals surface area contributed by atoms with Crippen LogP contribution in [0, 0.1) is 3.57 Å². The van der Waals surface area contributed by atoms with Crippen LogP contribution in [0.25, 0.3) is 0 Å². The summed E-state index contributed by atoms with van der Waals surface area (Å²) in [5, 5.41) is 0. The second-order valence-corrected chi connectivity index (χ2v) is 3.69. The van der Waals surface area contributed by atoms with Crippen molar-refractivity contribution in [3.05, 3.63) is 15.3 Å². The molecule has 0 N–H and O–H groups in total. The molecule has 16 heavy (non-hydrogen) atoms. The van der Waals surface area contributed by atoms with Gasteiger partial charge in [0.25, 0.3) is 5.88 Å². The predicted octanol–water partition coefficient (Wildman–Crippen LogP) is 2.41.